The quantitative estimate of drug-likeness (QED) is 0.453. The van der Waals surface area contributed by atoms with Gasteiger partial charge in [0.15, 0.2) is 0 Å². The Bertz CT molecular complexity index is 1040. The molecule has 0 amide bonds. The van der Waals surface area contributed by atoms with Crippen molar-refractivity contribution in [2.24, 2.45) is 0 Å². The predicted molar refractivity (Wildman–Crippen MR) is 109 cm³/mol. The minimum atomic E-state index is -1.12. The zero-order valence-corrected chi connectivity index (χ0v) is 17.9. The molecule has 0 spiro atoms. The van der Waals surface area contributed by atoms with Crippen LogP contribution in [0, 0.1) is 18.6 Å². The maximum absolute atomic E-state index is 14.0. The van der Waals surface area contributed by atoms with Gasteiger partial charge in [0.25, 0.3) is 0 Å². The lowest BCUT2D eigenvalue weighted by Gasteiger charge is -2.22. The van der Waals surface area contributed by atoms with Gasteiger partial charge in [0.2, 0.25) is 5.88 Å². The molecule has 1 heterocycles. The zero-order valence-electron chi connectivity index (χ0n) is 16.3. The van der Waals surface area contributed by atoms with Crippen LogP contribution in [0.2, 0.25) is 5.02 Å². The summed E-state index contributed by atoms with van der Waals surface area (Å²) in [4.78, 5) is 14.0. The Labute approximate surface area is 176 Å². The van der Waals surface area contributed by atoms with Gasteiger partial charge in [-0.3, -0.25) is 0 Å². The van der Waals surface area contributed by atoms with E-state index < -0.39 is 28.7 Å². The zero-order chi connectivity index (χ0) is 21.3. The number of hydrogen-bond acceptors (Lipinski definition) is 4. The number of carbonyl (C=O) groups is 1. The maximum atomic E-state index is 14.0. The Morgan fingerprint density at radius 2 is 1.69 bits per heavy atom. The number of carbonyl (C=O) groups excluding carboxylic acids is 1. The Kier molecular flexibility index (Phi) is 6.00. The van der Waals surface area contributed by atoms with Gasteiger partial charge in [-0.05, 0) is 64.1 Å². The highest BCUT2D eigenvalue weighted by molar-refractivity contribution is 7.99. The fraction of sp³-hybridized carbons (Fsp3) is 0.238. The van der Waals surface area contributed by atoms with Gasteiger partial charge in [-0.15, -0.1) is 0 Å². The van der Waals surface area contributed by atoms with E-state index in [1.807, 2.05) is 32.9 Å². The number of aromatic nitrogens is 2. The molecular weight excluding hydrogens is 418 g/mol. The molecule has 0 unspecified atom stereocenters. The van der Waals surface area contributed by atoms with E-state index in [4.69, 9.17) is 16.3 Å². The first-order valence-corrected chi connectivity index (χ1v) is 9.97. The Balaban J connectivity index is 2.05. The Hall–Kier alpha value is -2.38. The molecule has 0 N–H and O–H groups in total. The lowest BCUT2D eigenvalue weighted by Crippen LogP contribution is -2.26. The van der Waals surface area contributed by atoms with Crippen LogP contribution in [0.4, 0.5) is 8.78 Å². The van der Waals surface area contributed by atoms with Crippen LogP contribution in [0.3, 0.4) is 0 Å². The van der Waals surface area contributed by atoms with Gasteiger partial charge < -0.3 is 4.74 Å². The van der Waals surface area contributed by atoms with E-state index >= 15 is 0 Å². The number of nitrogens with zero attached hydrogens (tertiary/aromatic N) is 2. The topological polar surface area (TPSA) is 44.1 Å². The summed E-state index contributed by atoms with van der Waals surface area (Å²) in [6, 6.07) is 10.3. The molecule has 0 aliphatic carbocycles. The number of halogens is 3. The van der Waals surface area contributed by atoms with Crippen molar-refractivity contribution in [3.63, 3.8) is 0 Å². The van der Waals surface area contributed by atoms with E-state index in [1.54, 1.807) is 19.1 Å². The van der Waals surface area contributed by atoms with E-state index in [1.165, 1.54) is 22.5 Å². The minimum Gasteiger partial charge on any atom is -0.403 e. The van der Waals surface area contributed by atoms with Crippen LogP contribution in [-0.4, -0.2) is 15.7 Å². The van der Waals surface area contributed by atoms with Crippen molar-refractivity contribution in [3.8, 4) is 5.88 Å². The van der Waals surface area contributed by atoms with Crippen molar-refractivity contribution in [1.82, 2.24) is 9.78 Å². The first kappa shape index (κ1) is 21.3. The second-order valence-electron chi connectivity index (χ2n) is 7.34. The molecule has 0 aliphatic rings. The monoisotopic (exact) mass is 436 g/mol. The number of esters is 1. The maximum Gasteiger partial charge on any atom is 0.350 e. The highest BCUT2D eigenvalue weighted by Crippen LogP contribution is 2.40. The van der Waals surface area contributed by atoms with Gasteiger partial charge in [0.1, 0.15) is 17.2 Å². The molecule has 3 aromatic rings. The summed E-state index contributed by atoms with van der Waals surface area (Å²) in [7, 11) is 0. The van der Waals surface area contributed by atoms with Gasteiger partial charge in [0.05, 0.1) is 16.1 Å². The van der Waals surface area contributed by atoms with Crippen molar-refractivity contribution in [2.75, 3.05) is 0 Å². The van der Waals surface area contributed by atoms with Crippen LogP contribution in [0.15, 0.2) is 52.3 Å². The number of ether oxygens (including phenoxy) is 1. The van der Waals surface area contributed by atoms with Crippen molar-refractivity contribution in [1.29, 1.82) is 0 Å². The summed E-state index contributed by atoms with van der Waals surface area (Å²) in [5.74, 6) is -2.97. The molecule has 0 aliphatic heterocycles. The molecule has 4 nitrogen and oxygen atoms in total. The first-order chi connectivity index (χ1) is 13.6. The Morgan fingerprint density at radius 1 is 1.10 bits per heavy atom. The summed E-state index contributed by atoms with van der Waals surface area (Å²) >= 11 is 7.27. The Morgan fingerprint density at radius 3 is 2.24 bits per heavy atom. The fourth-order valence-corrected chi connectivity index (χ4v) is 3.64. The van der Waals surface area contributed by atoms with Crippen molar-refractivity contribution < 1.29 is 18.3 Å². The van der Waals surface area contributed by atoms with E-state index in [2.05, 4.69) is 5.10 Å². The SMILES string of the molecule is Cc1nn(C(C)(C)C)c(OC(=O)c2c(F)cccc2F)c1Sc1ccc(Cl)cc1. The summed E-state index contributed by atoms with van der Waals surface area (Å²) in [5.41, 5.74) is -0.654. The third kappa shape index (κ3) is 4.62. The molecular formula is C21H19ClF2N2O2S. The van der Waals surface area contributed by atoms with Gasteiger partial charge >= 0.3 is 5.97 Å². The first-order valence-electron chi connectivity index (χ1n) is 8.77. The third-order valence-corrected chi connectivity index (χ3v) is 5.42. The fourth-order valence-electron chi connectivity index (χ4n) is 2.61. The van der Waals surface area contributed by atoms with Crippen LogP contribution >= 0.6 is 23.4 Å². The van der Waals surface area contributed by atoms with E-state index in [0.717, 1.165) is 17.0 Å². The summed E-state index contributed by atoms with van der Waals surface area (Å²) in [5, 5.41) is 5.09. The van der Waals surface area contributed by atoms with E-state index in [-0.39, 0.29) is 5.88 Å². The van der Waals surface area contributed by atoms with Gasteiger partial charge in [0, 0.05) is 9.92 Å². The van der Waals surface area contributed by atoms with Crippen molar-refractivity contribution in [2.45, 2.75) is 43.0 Å². The number of hydrogen-bond donors (Lipinski definition) is 0. The molecule has 0 saturated heterocycles. The molecule has 2 aromatic carbocycles. The lowest BCUT2D eigenvalue weighted by atomic mass is 10.1. The van der Waals surface area contributed by atoms with Crippen LogP contribution in [-0.2, 0) is 5.54 Å². The van der Waals surface area contributed by atoms with Gasteiger partial charge in [-0.2, -0.15) is 5.10 Å². The molecule has 8 heteroatoms. The second kappa shape index (κ2) is 8.16. The van der Waals surface area contributed by atoms with Crippen LogP contribution < -0.4 is 4.74 Å². The molecule has 0 saturated carbocycles. The lowest BCUT2D eigenvalue weighted by molar-refractivity contribution is 0.0693. The van der Waals surface area contributed by atoms with E-state index in [0.29, 0.717) is 15.6 Å². The summed E-state index contributed by atoms with van der Waals surface area (Å²) in [6.45, 7) is 7.44. The number of rotatable bonds is 4. The molecule has 3 rings (SSSR count). The third-order valence-electron chi connectivity index (χ3n) is 3.99. The van der Waals surface area contributed by atoms with Gasteiger partial charge in [-0.1, -0.05) is 29.4 Å². The largest absolute Gasteiger partial charge is 0.403 e. The van der Waals surface area contributed by atoms with Crippen LogP contribution in [0.25, 0.3) is 0 Å². The van der Waals surface area contributed by atoms with E-state index in [9.17, 15) is 13.6 Å². The molecule has 0 bridgehead atoms. The summed E-state index contributed by atoms with van der Waals surface area (Å²) in [6.07, 6.45) is 0. The minimum absolute atomic E-state index is 0.127. The molecule has 29 heavy (non-hydrogen) atoms. The standard InChI is InChI=1S/C21H19ClF2N2O2S/c1-12-18(29-14-10-8-13(22)9-11-14)19(26(25-12)21(2,3)4)28-20(27)17-15(23)6-5-7-16(17)24/h5-11H,1-4H3. The molecule has 0 radical (unpaired) electrons. The average Bonchev–Trinajstić information content (AvgIpc) is 2.93. The normalized spacial score (nSPS) is 11.6. The van der Waals surface area contributed by atoms with Gasteiger partial charge in [-0.25, -0.2) is 18.3 Å². The van der Waals surface area contributed by atoms with Crippen LogP contribution in [0.1, 0.15) is 36.8 Å². The molecule has 0 atom stereocenters. The summed E-state index contributed by atoms with van der Waals surface area (Å²) < 4.78 is 35.1. The van der Waals surface area contributed by atoms with Crippen LogP contribution in [0.5, 0.6) is 5.88 Å². The second-order valence-corrected chi connectivity index (χ2v) is 8.86. The molecule has 152 valence electrons. The molecule has 1 aromatic heterocycles. The number of benzene rings is 2. The average molecular weight is 437 g/mol. The van der Waals surface area contributed by atoms with Crippen molar-refractivity contribution in [3.05, 3.63) is 70.4 Å². The molecule has 0 fully saturated rings. The highest BCUT2D eigenvalue weighted by atomic mass is 35.5. The van der Waals surface area contributed by atoms with Crippen molar-refractivity contribution >= 4 is 29.3 Å². The highest BCUT2D eigenvalue weighted by Gasteiger charge is 2.29. The number of aryl methyl sites for hydroxylation is 1. The predicted octanol–water partition coefficient (Wildman–Crippen LogP) is 6.25. The smallest absolute Gasteiger partial charge is 0.350 e.